The van der Waals surface area contributed by atoms with Crippen LogP contribution in [-0.4, -0.2) is 32.6 Å². The third kappa shape index (κ3) is 2.18. The molecule has 0 bridgehead atoms. The van der Waals surface area contributed by atoms with E-state index in [4.69, 9.17) is 9.84 Å². The second-order valence-electron chi connectivity index (χ2n) is 3.77. The van der Waals surface area contributed by atoms with E-state index in [-0.39, 0.29) is 12.7 Å². The fourth-order valence-electron chi connectivity index (χ4n) is 2.01. The number of hydrogen-bond acceptors (Lipinski definition) is 4. The maximum atomic E-state index is 9.07. The zero-order valence-corrected chi connectivity index (χ0v) is 9.02. The van der Waals surface area contributed by atoms with E-state index in [1.165, 1.54) is 0 Å². The van der Waals surface area contributed by atoms with E-state index in [9.17, 15) is 0 Å². The Balaban J connectivity index is 2.09. The van der Waals surface area contributed by atoms with Crippen molar-refractivity contribution in [1.82, 2.24) is 14.8 Å². The van der Waals surface area contributed by atoms with Crippen molar-refractivity contribution >= 4 is 0 Å². The van der Waals surface area contributed by atoms with Crippen molar-refractivity contribution in [2.45, 2.75) is 45.4 Å². The lowest BCUT2D eigenvalue weighted by Gasteiger charge is -2.10. The van der Waals surface area contributed by atoms with Crippen LogP contribution >= 0.6 is 0 Å². The zero-order valence-electron chi connectivity index (χ0n) is 9.02. The first-order valence-electron chi connectivity index (χ1n) is 5.48. The smallest absolute Gasteiger partial charge is 0.158 e. The summed E-state index contributed by atoms with van der Waals surface area (Å²) < 4.78 is 7.52. The summed E-state index contributed by atoms with van der Waals surface area (Å²) >= 11 is 0. The van der Waals surface area contributed by atoms with Gasteiger partial charge in [0, 0.05) is 19.6 Å². The summed E-state index contributed by atoms with van der Waals surface area (Å²) in [5.74, 6) is 1.57. The second kappa shape index (κ2) is 4.72. The molecule has 1 aliphatic heterocycles. The van der Waals surface area contributed by atoms with Gasteiger partial charge in [0.15, 0.2) is 5.82 Å². The summed E-state index contributed by atoms with van der Waals surface area (Å²) in [6.45, 7) is 3.64. The number of aromatic nitrogens is 3. The molecule has 2 heterocycles. The van der Waals surface area contributed by atoms with Crippen molar-refractivity contribution in [2.24, 2.45) is 0 Å². The van der Waals surface area contributed by atoms with Gasteiger partial charge >= 0.3 is 0 Å². The quantitative estimate of drug-likeness (QED) is 0.788. The van der Waals surface area contributed by atoms with Gasteiger partial charge in [-0.2, -0.15) is 0 Å². The minimum Gasteiger partial charge on any atom is -0.388 e. The van der Waals surface area contributed by atoms with Gasteiger partial charge in [0.05, 0.1) is 6.10 Å². The first kappa shape index (κ1) is 10.6. The largest absolute Gasteiger partial charge is 0.388 e. The molecule has 5 nitrogen and oxygen atoms in total. The van der Waals surface area contributed by atoms with Crippen molar-refractivity contribution in [3.63, 3.8) is 0 Å². The van der Waals surface area contributed by atoms with Crippen molar-refractivity contribution in [3.05, 3.63) is 11.6 Å². The molecule has 84 valence electrons. The first-order chi connectivity index (χ1) is 7.35. The topological polar surface area (TPSA) is 60.2 Å². The Bertz CT molecular complexity index is 318. The Labute approximate surface area is 89.1 Å². The number of rotatable bonds is 4. The molecule has 0 aromatic carbocycles. The van der Waals surface area contributed by atoms with E-state index in [2.05, 4.69) is 10.2 Å². The average Bonchev–Trinajstić information content (AvgIpc) is 2.87. The van der Waals surface area contributed by atoms with E-state index < -0.39 is 0 Å². The van der Waals surface area contributed by atoms with Gasteiger partial charge in [-0.05, 0) is 19.8 Å². The summed E-state index contributed by atoms with van der Waals surface area (Å²) in [6, 6.07) is 0. The molecule has 1 unspecified atom stereocenters. The number of nitrogens with zero attached hydrogens (tertiary/aromatic N) is 3. The molecular weight excluding hydrogens is 194 g/mol. The van der Waals surface area contributed by atoms with Crippen molar-refractivity contribution in [3.8, 4) is 0 Å². The van der Waals surface area contributed by atoms with Gasteiger partial charge < -0.3 is 14.4 Å². The van der Waals surface area contributed by atoms with Gasteiger partial charge in [-0.25, -0.2) is 0 Å². The van der Waals surface area contributed by atoms with Crippen LogP contribution in [0.3, 0.4) is 0 Å². The number of aliphatic hydroxyl groups excluding tert-OH is 1. The van der Waals surface area contributed by atoms with Gasteiger partial charge in [-0.15, -0.1) is 10.2 Å². The highest BCUT2D eigenvalue weighted by Gasteiger charge is 2.19. The molecule has 0 aliphatic carbocycles. The highest BCUT2D eigenvalue weighted by atomic mass is 16.5. The van der Waals surface area contributed by atoms with Crippen LogP contribution in [0.5, 0.6) is 0 Å². The zero-order chi connectivity index (χ0) is 10.7. The lowest BCUT2D eigenvalue weighted by atomic mass is 10.2. The van der Waals surface area contributed by atoms with Crippen LogP contribution in [0, 0.1) is 0 Å². The van der Waals surface area contributed by atoms with Gasteiger partial charge in [0.1, 0.15) is 12.4 Å². The lowest BCUT2D eigenvalue weighted by Crippen LogP contribution is -2.14. The van der Waals surface area contributed by atoms with Crippen LogP contribution in [0.15, 0.2) is 0 Å². The summed E-state index contributed by atoms with van der Waals surface area (Å²) in [4.78, 5) is 0. The Morgan fingerprint density at radius 3 is 2.87 bits per heavy atom. The standard InChI is InChI=1S/C10H17N3O2/c1-2-13-9(11-12-10(13)7-14)6-8-4-3-5-15-8/h8,14H,2-7H2,1H3. The highest BCUT2D eigenvalue weighted by molar-refractivity contribution is 4.97. The van der Waals surface area contributed by atoms with Crippen LogP contribution in [0.1, 0.15) is 31.4 Å². The number of aliphatic hydroxyl groups is 1. The van der Waals surface area contributed by atoms with E-state index in [0.717, 1.165) is 38.2 Å². The Hall–Kier alpha value is -0.940. The molecule has 1 aliphatic rings. The SMILES string of the molecule is CCn1c(CO)nnc1CC1CCCO1. The average molecular weight is 211 g/mol. The first-order valence-corrected chi connectivity index (χ1v) is 5.48. The molecule has 1 saturated heterocycles. The molecule has 1 fully saturated rings. The highest BCUT2D eigenvalue weighted by Crippen LogP contribution is 2.16. The summed E-state index contributed by atoms with van der Waals surface area (Å²) in [5.41, 5.74) is 0. The van der Waals surface area contributed by atoms with E-state index in [1.807, 2.05) is 11.5 Å². The molecule has 1 aromatic rings. The van der Waals surface area contributed by atoms with Gasteiger partial charge in [-0.3, -0.25) is 0 Å². The van der Waals surface area contributed by atoms with E-state index in [1.54, 1.807) is 0 Å². The fraction of sp³-hybridized carbons (Fsp3) is 0.800. The monoisotopic (exact) mass is 211 g/mol. The van der Waals surface area contributed by atoms with Crippen LogP contribution in [0.2, 0.25) is 0 Å². The molecule has 1 N–H and O–H groups in total. The number of hydrogen-bond donors (Lipinski definition) is 1. The lowest BCUT2D eigenvalue weighted by molar-refractivity contribution is 0.109. The van der Waals surface area contributed by atoms with Crippen LogP contribution in [-0.2, 0) is 24.3 Å². The maximum Gasteiger partial charge on any atom is 0.158 e. The van der Waals surface area contributed by atoms with E-state index >= 15 is 0 Å². The Kier molecular flexibility index (Phi) is 3.33. The molecule has 0 amide bonds. The summed E-state index contributed by atoms with van der Waals surface area (Å²) in [7, 11) is 0. The minimum absolute atomic E-state index is 0.0492. The van der Waals surface area contributed by atoms with Gasteiger partial charge in [-0.1, -0.05) is 0 Å². The molecule has 0 radical (unpaired) electrons. The Morgan fingerprint density at radius 1 is 1.47 bits per heavy atom. The van der Waals surface area contributed by atoms with Crippen LogP contribution in [0.25, 0.3) is 0 Å². The third-order valence-electron chi connectivity index (χ3n) is 2.80. The second-order valence-corrected chi connectivity index (χ2v) is 3.77. The fourth-order valence-corrected chi connectivity index (χ4v) is 2.01. The van der Waals surface area contributed by atoms with Crippen LogP contribution < -0.4 is 0 Å². The van der Waals surface area contributed by atoms with E-state index in [0.29, 0.717) is 5.82 Å². The normalized spacial score (nSPS) is 21.1. The Morgan fingerprint density at radius 2 is 2.27 bits per heavy atom. The summed E-state index contributed by atoms with van der Waals surface area (Å²) in [5, 5.41) is 17.1. The van der Waals surface area contributed by atoms with Crippen molar-refractivity contribution < 1.29 is 9.84 Å². The molecule has 15 heavy (non-hydrogen) atoms. The van der Waals surface area contributed by atoms with Crippen LogP contribution in [0.4, 0.5) is 0 Å². The predicted molar refractivity (Wildman–Crippen MR) is 54.3 cm³/mol. The van der Waals surface area contributed by atoms with Gasteiger partial charge in [0.2, 0.25) is 0 Å². The molecule has 0 spiro atoms. The molecule has 2 rings (SSSR count). The minimum atomic E-state index is -0.0492. The molecule has 1 atom stereocenters. The molecular formula is C10H17N3O2. The molecule has 0 saturated carbocycles. The molecule has 1 aromatic heterocycles. The summed E-state index contributed by atoms with van der Waals surface area (Å²) in [6.07, 6.45) is 3.33. The van der Waals surface area contributed by atoms with Gasteiger partial charge in [0.25, 0.3) is 0 Å². The third-order valence-corrected chi connectivity index (χ3v) is 2.80. The maximum absolute atomic E-state index is 9.07. The van der Waals surface area contributed by atoms with Crippen molar-refractivity contribution in [1.29, 1.82) is 0 Å². The van der Waals surface area contributed by atoms with Crippen molar-refractivity contribution in [2.75, 3.05) is 6.61 Å². The predicted octanol–water partition coefficient (Wildman–Crippen LogP) is 0.512. The molecule has 5 heteroatoms. The number of ether oxygens (including phenoxy) is 1.